The second kappa shape index (κ2) is 11.5. The average molecular weight is 531 g/mol. The Labute approximate surface area is 224 Å². The first kappa shape index (κ1) is 26.1. The van der Waals surface area contributed by atoms with Crippen LogP contribution in [0.4, 0.5) is 17.2 Å². The van der Waals surface area contributed by atoms with E-state index in [0.717, 1.165) is 37.3 Å². The second-order valence-electron chi connectivity index (χ2n) is 10.1. The molecule has 3 aromatic rings. The Morgan fingerprint density at radius 2 is 1.79 bits per heavy atom. The van der Waals surface area contributed by atoms with Gasteiger partial charge in [-0.25, -0.2) is 15.1 Å². The molecule has 2 fully saturated rings. The highest BCUT2D eigenvalue weighted by Gasteiger charge is 2.27. The highest BCUT2D eigenvalue weighted by molar-refractivity contribution is 5.89. The van der Waals surface area contributed by atoms with Crippen molar-refractivity contribution in [1.82, 2.24) is 25.1 Å². The molecule has 4 heterocycles. The molecule has 1 aromatic carbocycles. The van der Waals surface area contributed by atoms with Crippen LogP contribution in [0.25, 0.3) is 10.9 Å². The summed E-state index contributed by atoms with van der Waals surface area (Å²) in [5.74, 6) is 0.302. The molecule has 2 aliphatic heterocycles. The van der Waals surface area contributed by atoms with Crippen LogP contribution in [-0.2, 0) is 9.59 Å². The van der Waals surface area contributed by atoms with E-state index in [-0.39, 0.29) is 36.1 Å². The molecule has 5 rings (SSSR count). The van der Waals surface area contributed by atoms with Crippen molar-refractivity contribution in [3.8, 4) is 6.07 Å². The van der Waals surface area contributed by atoms with Gasteiger partial charge in [0.2, 0.25) is 5.91 Å². The molecule has 2 aromatic heterocycles. The second-order valence-corrected chi connectivity index (χ2v) is 10.1. The number of hydrogen-bond acceptors (Lipinski definition) is 9. The molecule has 12 heteroatoms. The van der Waals surface area contributed by atoms with Gasteiger partial charge < -0.3 is 20.2 Å². The van der Waals surface area contributed by atoms with Crippen LogP contribution in [0.15, 0.2) is 35.3 Å². The van der Waals surface area contributed by atoms with Gasteiger partial charge in [-0.2, -0.15) is 10.4 Å². The number of hydrogen-bond donors (Lipinski definition) is 3. The fraction of sp³-hybridized carbons (Fsp3) is 0.444. The van der Waals surface area contributed by atoms with Crippen LogP contribution >= 0.6 is 0 Å². The summed E-state index contributed by atoms with van der Waals surface area (Å²) in [7, 11) is 0. The van der Waals surface area contributed by atoms with Crippen LogP contribution in [0.5, 0.6) is 0 Å². The molecular formula is C27H30N8O4. The summed E-state index contributed by atoms with van der Waals surface area (Å²) >= 11 is 0. The molecule has 12 nitrogen and oxygen atoms in total. The van der Waals surface area contributed by atoms with Crippen LogP contribution < -0.4 is 15.8 Å². The van der Waals surface area contributed by atoms with Gasteiger partial charge in [0.1, 0.15) is 29.0 Å². The van der Waals surface area contributed by atoms with Gasteiger partial charge in [0.05, 0.1) is 12.3 Å². The van der Waals surface area contributed by atoms with Gasteiger partial charge >= 0.3 is 5.97 Å². The molecule has 0 aliphatic carbocycles. The third kappa shape index (κ3) is 5.98. The van der Waals surface area contributed by atoms with Crippen molar-refractivity contribution in [3.05, 3.63) is 46.6 Å². The van der Waals surface area contributed by atoms with Crippen LogP contribution in [-0.4, -0.2) is 68.2 Å². The summed E-state index contributed by atoms with van der Waals surface area (Å²) in [5, 5.41) is 27.8. The average Bonchev–Trinajstić information content (AvgIpc) is 2.94. The lowest BCUT2D eigenvalue weighted by Gasteiger charge is -2.33. The van der Waals surface area contributed by atoms with Crippen molar-refractivity contribution in [2.24, 2.45) is 5.92 Å². The largest absolute Gasteiger partial charge is 0.481 e. The molecule has 0 atom stereocenters. The Bertz CT molecular complexity index is 1450. The number of aromatic nitrogens is 4. The number of carboxylic acids is 1. The van der Waals surface area contributed by atoms with Gasteiger partial charge in [0.25, 0.3) is 5.56 Å². The zero-order valence-electron chi connectivity index (χ0n) is 21.5. The Balaban J connectivity index is 1.32. The Kier molecular flexibility index (Phi) is 7.67. The lowest BCUT2D eigenvalue weighted by atomic mass is 9.93. The molecule has 39 heavy (non-hydrogen) atoms. The smallest absolute Gasteiger partial charge is 0.303 e. The summed E-state index contributed by atoms with van der Waals surface area (Å²) in [5.41, 5.74) is 1.87. The molecule has 0 radical (unpaired) electrons. The number of nitrogens with one attached hydrogen (secondary N) is 2. The number of aromatic amines is 1. The van der Waals surface area contributed by atoms with Gasteiger partial charge in [0, 0.05) is 49.9 Å². The number of amides is 1. The van der Waals surface area contributed by atoms with E-state index < -0.39 is 5.97 Å². The van der Waals surface area contributed by atoms with E-state index in [9.17, 15) is 14.4 Å². The number of nitriles is 1. The Morgan fingerprint density at radius 3 is 2.46 bits per heavy atom. The molecule has 0 unspecified atom stereocenters. The number of aliphatic carboxylic acids is 1. The maximum absolute atomic E-state index is 12.7. The number of carbonyl (C=O) groups is 2. The fourth-order valence-electron chi connectivity index (χ4n) is 5.40. The molecule has 3 N–H and O–H groups in total. The van der Waals surface area contributed by atoms with E-state index in [1.54, 1.807) is 4.90 Å². The predicted molar refractivity (Wildman–Crippen MR) is 144 cm³/mol. The number of carbonyl (C=O) groups excluding carboxylic acids is 1. The molecule has 0 spiro atoms. The number of carboxylic acid groups (broad SMARTS) is 1. The van der Waals surface area contributed by atoms with E-state index in [2.05, 4.69) is 25.4 Å². The number of anilines is 3. The molecule has 202 valence electrons. The predicted octanol–water partition coefficient (Wildman–Crippen LogP) is 2.77. The first-order chi connectivity index (χ1) is 18.9. The molecular weight excluding hydrogens is 500 g/mol. The summed E-state index contributed by atoms with van der Waals surface area (Å²) in [6.07, 6.45) is 4.64. The molecule has 0 bridgehead atoms. The van der Waals surface area contributed by atoms with Crippen molar-refractivity contribution < 1.29 is 14.7 Å². The van der Waals surface area contributed by atoms with Crippen molar-refractivity contribution in [2.75, 3.05) is 36.4 Å². The number of nitrogens with zero attached hydrogens (tertiary/aromatic N) is 6. The summed E-state index contributed by atoms with van der Waals surface area (Å²) < 4.78 is 0. The SMILES string of the molecule is N#CCC(=O)N1CCC(c2nc(Nc3ccc(N4CCC(CC(=O)O)CC4)cc3)c3c(=O)[nH]ncc3n2)CC1. The number of fused-ring (bicyclic) bond motifs is 1. The topological polar surface area (TPSA) is 168 Å². The zero-order chi connectivity index (χ0) is 27.4. The van der Waals surface area contributed by atoms with Crippen molar-refractivity contribution in [3.63, 3.8) is 0 Å². The Hall–Kier alpha value is -4.53. The Morgan fingerprint density at radius 1 is 1.08 bits per heavy atom. The third-order valence-electron chi connectivity index (χ3n) is 7.55. The van der Waals surface area contributed by atoms with Crippen molar-refractivity contribution in [1.29, 1.82) is 5.26 Å². The molecule has 2 saturated heterocycles. The maximum atomic E-state index is 12.7. The minimum Gasteiger partial charge on any atom is -0.481 e. The van der Waals surface area contributed by atoms with Crippen molar-refractivity contribution in [2.45, 2.75) is 44.4 Å². The monoisotopic (exact) mass is 530 g/mol. The van der Waals surface area contributed by atoms with Crippen molar-refractivity contribution >= 4 is 40.0 Å². The number of likely N-dealkylation sites (tertiary alicyclic amines) is 1. The van der Waals surface area contributed by atoms with Gasteiger partial charge in [-0.1, -0.05) is 0 Å². The van der Waals surface area contributed by atoms with Gasteiger partial charge in [-0.15, -0.1) is 0 Å². The number of benzene rings is 1. The zero-order valence-corrected chi connectivity index (χ0v) is 21.5. The quantitative estimate of drug-likeness (QED) is 0.413. The van der Waals surface area contributed by atoms with Crippen LogP contribution in [0.1, 0.15) is 50.3 Å². The number of rotatable bonds is 7. The normalized spacial score (nSPS) is 16.7. The van der Waals surface area contributed by atoms with E-state index >= 15 is 0 Å². The van der Waals surface area contributed by atoms with Crippen LogP contribution in [0, 0.1) is 17.2 Å². The molecule has 2 aliphatic rings. The summed E-state index contributed by atoms with van der Waals surface area (Å²) in [4.78, 5) is 49.1. The maximum Gasteiger partial charge on any atom is 0.303 e. The highest BCUT2D eigenvalue weighted by atomic mass is 16.4. The summed E-state index contributed by atoms with van der Waals surface area (Å²) in [6, 6.07) is 9.78. The lowest BCUT2D eigenvalue weighted by molar-refractivity contribution is -0.138. The first-order valence-corrected chi connectivity index (χ1v) is 13.1. The first-order valence-electron chi connectivity index (χ1n) is 13.1. The lowest BCUT2D eigenvalue weighted by Crippen LogP contribution is -2.38. The molecule has 1 amide bonds. The summed E-state index contributed by atoms with van der Waals surface area (Å²) in [6.45, 7) is 2.68. The van der Waals surface area contributed by atoms with Gasteiger partial charge in [-0.3, -0.25) is 14.4 Å². The third-order valence-corrected chi connectivity index (χ3v) is 7.55. The van der Waals surface area contributed by atoms with E-state index in [1.807, 2.05) is 30.3 Å². The van der Waals surface area contributed by atoms with E-state index in [0.29, 0.717) is 48.5 Å². The van der Waals surface area contributed by atoms with Crippen LogP contribution in [0.2, 0.25) is 0 Å². The number of H-pyrrole nitrogens is 1. The van der Waals surface area contributed by atoms with Gasteiger partial charge in [0.15, 0.2) is 0 Å². The minimum atomic E-state index is -0.741. The number of piperidine rings is 2. The van der Waals surface area contributed by atoms with Crippen LogP contribution in [0.3, 0.4) is 0 Å². The van der Waals surface area contributed by atoms with E-state index in [4.69, 9.17) is 15.4 Å². The standard InChI is InChI=1S/C27H30N8O4/c28-10-5-22(36)35-13-8-18(9-14-35)25-31-21-16-29-33-27(39)24(21)26(32-25)30-19-1-3-20(4-2-19)34-11-6-17(7-12-34)15-23(37)38/h1-4,16-18H,5-9,11-15H2,(H,33,39)(H,37,38)(H,30,31,32). The fourth-order valence-corrected chi connectivity index (χ4v) is 5.40. The molecule has 0 saturated carbocycles. The highest BCUT2D eigenvalue weighted by Crippen LogP contribution is 2.31. The van der Waals surface area contributed by atoms with E-state index in [1.165, 1.54) is 6.20 Å². The minimum absolute atomic E-state index is 0.00630. The van der Waals surface area contributed by atoms with Gasteiger partial charge in [-0.05, 0) is 55.9 Å².